The molecule has 0 spiro atoms. The van der Waals surface area contributed by atoms with Gasteiger partial charge < -0.3 is 4.74 Å². The lowest BCUT2D eigenvalue weighted by Gasteiger charge is -2.19. The van der Waals surface area contributed by atoms with Crippen molar-refractivity contribution in [3.63, 3.8) is 0 Å². The number of halogens is 2. The average molecular weight is 368 g/mol. The summed E-state index contributed by atoms with van der Waals surface area (Å²) in [6, 6.07) is 11.9. The molecule has 5 heteroatoms. The summed E-state index contributed by atoms with van der Waals surface area (Å²) in [4.78, 5) is 0. The quantitative estimate of drug-likeness (QED) is 0.638. The van der Waals surface area contributed by atoms with E-state index >= 15 is 0 Å². The molecule has 1 unspecified atom stereocenters. The van der Waals surface area contributed by atoms with Crippen molar-refractivity contribution in [2.75, 3.05) is 6.61 Å². The van der Waals surface area contributed by atoms with Crippen LogP contribution in [0.3, 0.4) is 0 Å². The molecule has 0 aromatic heterocycles. The molecule has 0 radical (unpaired) electrons. The first-order valence-corrected chi connectivity index (χ1v) is 8.01. The molecular weight excluding hydrogens is 352 g/mol. The number of nitrogens with two attached hydrogens (primary N) is 1. The molecule has 1 heterocycles. The van der Waals surface area contributed by atoms with E-state index in [1.807, 2.05) is 24.3 Å². The van der Waals surface area contributed by atoms with E-state index in [0.717, 1.165) is 40.8 Å². The van der Waals surface area contributed by atoms with Crippen molar-refractivity contribution in [1.29, 1.82) is 0 Å². The highest BCUT2D eigenvalue weighted by Crippen LogP contribution is 2.36. The summed E-state index contributed by atoms with van der Waals surface area (Å²) in [5, 5.41) is 0.716. The number of nitrogens with one attached hydrogen (secondary N) is 1. The normalized spacial score (nSPS) is 14.6. The Morgan fingerprint density at radius 2 is 2.14 bits per heavy atom. The molecule has 1 atom stereocenters. The molecule has 1 aliphatic heterocycles. The SMILES string of the molecule is NNC(Cc1cc(Br)cc2c1OCC2)c1ccccc1Cl. The highest BCUT2D eigenvalue weighted by Gasteiger charge is 2.21. The van der Waals surface area contributed by atoms with E-state index in [2.05, 4.69) is 33.5 Å². The van der Waals surface area contributed by atoms with Crippen LogP contribution in [0.1, 0.15) is 22.7 Å². The maximum atomic E-state index is 6.28. The number of hydrazine groups is 1. The van der Waals surface area contributed by atoms with E-state index in [1.165, 1.54) is 5.56 Å². The molecule has 0 aliphatic carbocycles. The largest absolute Gasteiger partial charge is 0.493 e. The van der Waals surface area contributed by atoms with Crippen molar-refractivity contribution in [3.8, 4) is 5.75 Å². The van der Waals surface area contributed by atoms with Crippen LogP contribution in [0, 0.1) is 0 Å². The van der Waals surface area contributed by atoms with E-state index in [1.54, 1.807) is 0 Å². The smallest absolute Gasteiger partial charge is 0.125 e. The first-order chi connectivity index (χ1) is 10.2. The minimum Gasteiger partial charge on any atom is -0.493 e. The number of benzene rings is 2. The summed E-state index contributed by atoms with van der Waals surface area (Å²) in [5.41, 5.74) is 6.24. The van der Waals surface area contributed by atoms with E-state index in [0.29, 0.717) is 5.02 Å². The predicted octanol–water partition coefficient (Wildman–Crippen LogP) is 3.78. The second-order valence-electron chi connectivity index (χ2n) is 5.10. The van der Waals surface area contributed by atoms with Crippen LogP contribution in [-0.4, -0.2) is 6.61 Å². The third kappa shape index (κ3) is 3.09. The number of ether oxygens (including phenoxy) is 1. The van der Waals surface area contributed by atoms with Crippen LogP contribution in [0.2, 0.25) is 5.02 Å². The zero-order chi connectivity index (χ0) is 14.8. The highest BCUT2D eigenvalue weighted by molar-refractivity contribution is 9.10. The summed E-state index contributed by atoms with van der Waals surface area (Å²) >= 11 is 9.84. The van der Waals surface area contributed by atoms with Gasteiger partial charge in [0.05, 0.1) is 12.6 Å². The molecule has 0 amide bonds. The van der Waals surface area contributed by atoms with Gasteiger partial charge in [0.2, 0.25) is 0 Å². The lowest BCUT2D eigenvalue weighted by molar-refractivity contribution is 0.351. The van der Waals surface area contributed by atoms with E-state index < -0.39 is 0 Å². The van der Waals surface area contributed by atoms with E-state index in [-0.39, 0.29) is 6.04 Å². The first-order valence-electron chi connectivity index (χ1n) is 6.83. The molecule has 110 valence electrons. The standard InChI is InChI=1S/C16H16BrClN2O/c17-12-7-10-5-6-21-16(10)11(8-12)9-15(20-19)13-3-1-2-4-14(13)18/h1-4,7-8,15,20H,5-6,9,19H2. The Morgan fingerprint density at radius 1 is 1.33 bits per heavy atom. The van der Waals surface area contributed by atoms with Gasteiger partial charge in [-0.05, 0) is 41.3 Å². The summed E-state index contributed by atoms with van der Waals surface area (Å²) in [5.74, 6) is 6.73. The second kappa shape index (κ2) is 6.36. The van der Waals surface area contributed by atoms with Gasteiger partial charge in [0.15, 0.2) is 0 Å². The maximum absolute atomic E-state index is 6.28. The molecule has 0 bridgehead atoms. The summed E-state index contributed by atoms with van der Waals surface area (Å²) in [7, 11) is 0. The van der Waals surface area contributed by atoms with Gasteiger partial charge in [0.25, 0.3) is 0 Å². The fourth-order valence-corrected chi connectivity index (χ4v) is 3.55. The summed E-state index contributed by atoms with van der Waals surface area (Å²) < 4.78 is 6.84. The maximum Gasteiger partial charge on any atom is 0.125 e. The van der Waals surface area contributed by atoms with Crippen LogP contribution in [0.15, 0.2) is 40.9 Å². The van der Waals surface area contributed by atoms with Crippen molar-refractivity contribution >= 4 is 27.5 Å². The third-order valence-corrected chi connectivity index (χ3v) is 4.53. The van der Waals surface area contributed by atoms with Gasteiger partial charge in [-0.3, -0.25) is 11.3 Å². The van der Waals surface area contributed by atoms with E-state index in [9.17, 15) is 0 Å². The van der Waals surface area contributed by atoms with Gasteiger partial charge in [0, 0.05) is 15.9 Å². The van der Waals surface area contributed by atoms with Gasteiger partial charge in [-0.2, -0.15) is 0 Å². The second-order valence-corrected chi connectivity index (χ2v) is 6.42. The molecule has 3 N–H and O–H groups in total. The molecule has 1 aliphatic rings. The Balaban J connectivity index is 1.94. The predicted molar refractivity (Wildman–Crippen MR) is 88.6 cm³/mol. The van der Waals surface area contributed by atoms with Crippen LogP contribution in [0.4, 0.5) is 0 Å². The third-order valence-electron chi connectivity index (χ3n) is 3.73. The van der Waals surface area contributed by atoms with Crippen molar-refractivity contribution in [3.05, 3.63) is 62.6 Å². The Bertz CT molecular complexity index is 663. The minimum absolute atomic E-state index is 0.0544. The monoisotopic (exact) mass is 366 g/mol. The first kappa shape index (κ1) is 14.9. The number of hydrogen-bond donors (Lipinski definition) is 2. The summed E-state index contributed by atoms with van der Waals surface area (Å²) in [6.45, 7) is 0.742. The topological polar surface area (TPSA) is 47.3 Å². The number of hydrogen-bond acceptors (Lipinski definition) is 3. The van der Waals surface area contributed by atoms with Gasteiger partial charge in [0.1, 0.15) is 5.75 Å². The van der Waals surface area contributed by atoms with Crippen LogP contribution in [0.25, 0.3) is 0 Å². The average Bonchev–Trinajstić information content (AvgIpc) is 2.93. The zero-order valence-corrected chi connectivity index (χ0v) is 13.7. The fourth-order valence-electron chi connectivity index (χ4n) is 2.73. The minimum atomic E-state index is -0.0544. The van der Waals surface area contributed by atoms with Crippen LogP contribution >= 0.6 is 27.5 Å². The van der Waals surface area contributed by atoms with Gasteiger partial charge >= 0.3 is 0 Å². The van der Waals surface area contributed by atoms with Gasteiger partial charge in [-0.1, -0.05) is 45.7 Å². The lowest BCUT2D eigenvalue weighted by Crippen LogP contribution is -2.29. The summed E-state index contributed by atoms with van der Waals surface area (Å²) in [6.07, 6.45) is 1.68. The highest BCUT2D eigenvalue weighted by atomic mass is 79.9. The Kier molecular flexibility index (Phi) is 4.50. The Labute approximate surface area is 137 Å². The molecule has 0 saturated carbocycles. The Morgan fingerprint density at radius 3 is 2.90 bits per heavy atom. The molecular formula is C16H16BrClN2O. The van der Waals surface area contributed by atoms with Gasteiger partial charge in [-0.15, -0.1) is 0 Å². The van der Waals surface area contributed by atoms with Crippen molar-refractivity contribution < 1.29 is 4.74 Å². The molecule has 3 nitrogen and oxygen atoms in total. The molecule has 0 fully saturated rings. The Hall–Kier alpha value is -1.07. The van der Waals surface area contributed by atoms with Crippen LogP contribution in [-0.2, 0) is 12.8 Å². The van der Waals surface area contributed by atoms with Crippen LogP contribution < -0.4 is 16.0 Å². The molecule has 2 aromatic carbocycles. The number of rotatable bonds is 4. The molecule has 2 aromatic rings. The zero-order valence-electron chi connectivity index (χ0n) is 11.4. The van der Waals surface area contributed by atoms with Crippen molar-refractivity contribution in [2.24, 2.45) is 5.84 Å². The number of fused-ring (bicyclic) bond motifs is 1. The molecule has 21 heavy (non-hydrogen) atoms. The van der Waals surface area contributed by atoms with Crippen molar-refractivity contribution in [2.45, 2.75) is 18.9 Å². The molecule has 0 saturated heterocycles. The fraction of sp³-hybridized carbons (Fsp3) is 0.250. The van der Waals surface area contributed by atoms with E-state index in [4.69, 9.17) is 22.2 Å². The lowest BCUT2D eigenvalue weighted by atomic mass is 9.97. The van der Waals surface area contributed by atoms with Crippen molar-refractivity contribution in [1.82, 2.24) is 5.43 Å². The molecule has 3 rings (SSSR count). The van der Waals surface area contributed by atoms with Crippen LogP contribution in [0.5, 0.6) is 5.75 Å². The van der Waals surface area contributed by atoms with Gasteiger partial charge in [-0.25, -0.2) is 0 Å².